The van der Waals surface area contributed by atoms with Gasteiger partial charge < -0.3 is 9.84 Å². The molecule has 1 N–H and O–H groups in total. The van der Waals surface area contributed by atoms with Crippen molar-refractivity contribution in [2.24, 2.45) is 0 Å². The average molecular weight is 262 g/mol. The van der Waals surface area contributed by atoms with E-state index in [0.29, 0.717) is 24.8 Å². The van der Waals surface area contributed by atoms with Gasteiger partial charge in [-0.3, -0.25) is 4.79 Å². The van der Waals surface area contributed by atoms with Crippen LogP contribution in [0, 0.1) is 0 Å². The molecule has 0 spiro atoms. The molecule has 0 unspecified atom stereocenters. The van der Waals surface area contributed by atoms with Crippen LogP contribution < -0.4 is 4.74 Å². The number of carboxylic acid groups (broad SMARTS) is 1. The molecule has 0 atom stereocenters. The van der Waals surface area contributed by atoms with Crippen LogP contribution in [0.25, 0.3) is 0 Å². The van der Waals surface area contributed by atoms with E-state index >= 15 is 0 Å². The van der Waals surface area contributed by atoms with E-state index in [1.165, 1.54) is 7.11 Å². The van der Waals surface area contributed by atoms with E-state index in [9.17, 15) is 9.90 Å². The third-order valence-electron chi connectivity index (χ3n) is 4.32. The maximum atomic E-state index is 11.8. The van der Waals surface area contributed by atoms with Gasteiger partial charge in [0, 0.05) is 17.7 Å². The molecular weight excluding hydrogens is 244 g/mol. The van der Waals surface area contributed by atoms with Gasteiger partial charge in [0.25, 0.3) is 0 Å². The lowest BCUT2D eigenvalue weighted by atomic mass is 9.78. The maximum absolute atomic E-state index is 11.8. The zero-order valence-corrected chi connectivity index (χ0v) is 11.1. The largest absolute Gasteiger partial charge is 0.481 e. The third-order valence-corrected chi connectivity index (χ3v) is 4.32. The summed E-state index contributed by atoms with van der Waals surface area (Å²) < 4.78 is 5.07. The number of rotatable bonds is 4. The Bertz CT molecular complexity index is 505. The first-order chi connectivity index (χ1) is 9.17. The van der Waals surface area contributed by atoms with Gasteiger partial charge in [0.1, 0.15) is 0 Å². The minimum Gasteiger partial charge on any atom is -0.481 e. The summed E-state index contributed by atoms with van der Waals surface area (Å²) in [6.45, 7) is 0. The Morgan fingerprint density at radius 2 is 2.11 bits per heavy atom. The molecule has 5 nitrogen and oxygen atoms in total. The van der Waals surface area contributed by atoms with Gasteiger partial charge in [0.05, 0.1) is 18.2 Å². The van der Waals surface area contributed by atoms with Crippen LogP contribution in [0.1, 0.15) is 55.7 Å². The van der Waals surface area contributed by atoms with E-state index in [4.69, 9.17) is 4.74 Å². The van der Waals surface area contributed by atoms with Gasteiger partial charge in [-0.15, -0.1) is 0 Å². The van der Waals surface area contributed by atoms with Crippen molar-refractivity contribution in [1.82, 2.24) is 9.97 Å². The molecule has 1 aromatic heterocycles. The van der Waals surface area contributed by atoms with Crippen molar-refractivity contribution < 1.29 is 14.6 Å². The third kappa shape index (κ3) is 1.97. The number of hydrogen-bond donors (Lipinski definition) is 1. The minimum atomic E-state index is -0.774. The predicted molar refractivity (Wildman–Crippen MR) is 68.3 cm³/mol. The van der Waals surface area contributed by atoms with Crippen molar-refractivity contribution in [3.05, 3.63) is 17.5 Å². The molecule has 0 amide bonds. The van der Waals surface area contributed by atoms with Gasteiger partial charge in [0.15, 0.2) is 0 Å². The molecule has 1 heterocycles. The predicted octanol–water partition coefficient (Wildman–Crippen LogP) is 2.26. The highest BCUT2D eigenvalue weighted by Gasteiger charge is 2.47. The summed E-state index contributed by atoms with van der Waals surface area (Å²) >= 11 is 0. The topological polar surface area (TPSA) is 72.3 Å². The van der Waals surface area contributed by atoms with E-state index < -0.39 is 11.4 Å². The maximum Gasteiger partial charge on any atom is 0.316 e. The van der Waals surface area contributed by atoms with Crippen molar-refractivity contribution in [1.29, 1.82) is 0 Å². The molecule has 0 aliphatic heterocycles. The van der Waals surface area contributed by atoms with Crippen LogP contribution in [0.5, 0.6) is 6.01 Å². The smallest absolute Gasteiger partial charge is 0.316 e. The summed E-state index contributed by atoms with van der Waals surface area (Å²) in [5.74, 6) is -0.343. The summed E-state index contributed by atoms with van der Waals surface area (Å²) in [5, 5.41) is 9.68. The number of aliphatic carboxylic acids is 1. The first kappa shape index (κ1) is 12.4. The molecule has 0 bridgehead atoms. The lowest BCUT2D eigenvalue weighted by Crippen LogP contribution is -2.34. The Kier molecular flexibility index (Phi) is 2.92. The summed E-state index contributed by atoms with van der Waals surface area (Å²) in [6.07, 6.45) is 7.16. The second kappa shape index (κ2) is 4.47. The van der Waals surface area contributed by atoms with Crippen molar-refractivity contribution >= 4 is 5.97 Å². The lowest BCUT2D eigenvalue weighted by molar-refractivity contribution is -0.143. The van der Waals surface area contributed by atoms with E-state index in [2.05, 4.69) is 9.97 Å². The fraction of sp³-hybridized carbons (Fsp3) is 0.643. The highest BCUT2D eigenvalue weighted by molar-refractivity contribution is 5.82. The molecule has 2 aliphatic rings. The van der Waals surface area contributed by atoms with Crippen LogP contribution in [-0.4, -0.2) is 28.2 Å². The first-order valence-electron chi connectivity index (χ1n) is 6.82. The fourth-order valence-electron chi connectivity index (χ4n) is 3.09. The minimum absolute atomic E-state index is 0.337. The molecule has 2 aliphatic carbocycles. The number of hydrogen-bond acceptors (Lipinski definition) is 4. The molecule has 3 rings (SSSR count). The van der Waals surface area contributed by atoms with Crippen LogP contribution in [0.4, 0.5) is 0 Å². The van der Waals surface area contributed by atoms with Crippen LogP contribution >= 0.6 is 0 Å². The van der Waals surface area contributed by atoms with Crippen molar-refractivity contribution in [3.8, 4) is 6.01 Å². The van der Waals surface area contributed by atoms with Gasteiger partial charge in [-0.25, -0.2) is 4.98 Å². The van der Waals surface area contributed by atoms with Gasteiger partial charge in [-0.2, -0.15) is 4.98 Å². The van der Waals surface area contributed by atoms with Crippen LogP contribution in [-0.2, 0) is 10.2 Å². The van der Waals surface area contributed by atoms with Crippen molar-refractivity contribution in [2.75, 3.05) is 7.11 Å². The van der Waals surface area contributed by atoms with E-state index in [-0.39, 0.29) is 0 Å². The number of aromatic nitrogens is 2. The molecule has 0 radical (unpaired) electrons. The molecule has 2 saturated carbocycles. The Hall–Kier alpha value is -1.65. The zero-order valence-electron chi connectivity index (χ0n) is 11.1. The number of carbonyl (C=O) groups is 1. The van der Waals surface area contributed by atoms with E-state index in [1.54, 1.807) is 6.20 Å². The molecule has 1 aromatic rings. The molecular formula is C14H18N2O3. The van der Waals surface area contributed by atoms with Gasteiger partial charge in [-0.05, 0) is 25.7 Å². The summed E-state index contributed by atoms with van der Waals surface area (Å²) in [5.41, 5.74) is 0.946. The Morgan fingerprint density at radius 3 is 2.63 bits per heavy atom. The molecule has 19 heavy (non-hydrogen) atoms. The second-order valence-electron chi connectivity index (χ2n) is 5.52. The van der Waals surface area contributed by atoms with Crippen molar-refractivity contribution in [2.45, 2.75) is 49.9 Å². The highest BCUT2D eigenvalue weighted by Crippen LogP contribution is 2.48. The molecule has 102 valence electrons. The summed E-state index contributed by atoms with van der Waals surface area (Å²) in [4.78, 5) is 20.4. The van der Waals surface area contributed by atoms with Gasteiger partial charge >= 0.3 is 12.0 Å². The molecule has 5 heteroatoms. The van der Waals surface area contributed by atoms with E-state index in [1.807, 2.05) is 0 Å². The quantitative estimate of drug-likeness (QED) is 0.901. The van der Waals surface area contributed by atoms with Crippen LogP contribution in [0.3, 0.4) is 0 Å². The number of ether oxygens (including phenoxy) is 1. The molecule has 0 aromatic carbocycles. The SMILES string of the molecule is COc1ncc(C2(C(=O)O)CCCC2)c(C2CC2)n1. The first-order valence-corrected chi connectivity index (χ1v) is 6.82. The normalized spacial score (nSPS) is 21.3. The van der Waals surface area contributed by atoms with Crippen LogP contribution in [0.15, 0.2) is 6.20 Å². The van der Waals surface area contributed by atoms with Gasteiger partial charge in [0.2, 0.25) is 0 Å². The fourth-order valence-corrected chi connectivity index (χ4v) is 3.09. The number of carboxylic acids is 1. The van der Waals surface area contributed by atoms with Crippen molar-refractivity contribution in [3.63, 3.8) is 0 Å². The Morgan fingerprint density at radius 1 is 1.42 bits per heavy atom. The zero-order chi connectivity index (χ0) is 13.5. The summed E-state index contributed by atoms with van der Waals surface area (Å²) in [6, 6.07) is 0.337. The Labute approximate surface area is 112 Å². The van der Waals surface area contributed by atoms with Crippen LogP contribution in [0.2, 0.25) is 0 Å². The molecule has 0 saturated heterocycles. The Balaban J connectivity index is 2.10. The molecule has 2 fully saturated rings. The van der Waals surface area contributed by atoms with E-state index in [0.717, 1.165) is 36.9 Å². The lowest BCUT2D eigenvalue weighted by Gasteiger charge is -2.26. The summed E-state index contributed by atoms with van der Waals surface area (Å²) in [7, 11) is 1.54. The average Bonchev–Trinajstić information content (AvgIpc) is 3.15. The number of nitrogens with zero attached hydrogens (tertiary/aromatic N) is 2. The number of methoxy groups -OCH3 is 1. The second-order valence-corrected chi connectivity index (χ2v) is 5.52. The monoisotopic (exact) mass is 262 g/mol. The highest BCUT2D eigenvalue weighted by atomic mass is 16.5. The standard InChI is InChI=1S/C14H18N2O3/c1-19-13-15-8-10(11(16-13)9-4-5-9)14(12(17)18)6-2-3-7-14/h8-9H,2-7H2,1H3,(H,17,18). The van der Waals surface area contributed by atoms with Gasteiger partial charge in [-0.1, -0.05) is 12.8 Å².